The standard InChI is InChI=1S/C65H125NO5/c1-3-5-7-9-11-13-15-17-19-21-26-29-33-37-41-45-49-53-57-63(68)62(61-67)66-64(69)58-54-50-46-42-38-34-30-27-24-22-23-25-28-32-36-40-44-48-52-56-60-71-65(70)59-55-51-47-43-39-35-31-20-18-16-14-12-10-8-6-4-2/h20,31,53,57,62-63,67-68H,3-19,21-30,32-52,54-56,58-61H2,1-2H3,(H,66,69)/b31-20-,57-53+. The molecule has 6 heteroatoms. The van der Waals surface area contributed by atoms with Crippen LogP contribution in [-0.4, -0.2) is 47.4 Å². The molecule has 0 aliphatic heterocycles. The Bertz CT molecular complexity index is 1110. The lowest BCUT2D eigenvalue weighted by atomic mass is 10.0. The van der Waals surface area contributed by atoms with Crippen molar-refractivity contribution in [2.45, 2.75) is 366 Å². The Morgan fingerprint density at radius 3 is 1.00 bits per heavy atom. The molecule has 1 amide bonds. The molecule has 420 valence electrons. The van der Waals surface area contributed by atoms with E-state index in [0.717, 1.165) is 44.9 Å². The molecule has 0 saturated heterocycles. The number of esters is 1. The van der Waals surface area contributed by atoms with Crippen LogP contribution in [0.15, 0.2) is 24.3 Å². The Balaban J connectivity index is 3.41. The molecule has 0 saturated carbocycles. The van der Waals surface area contributed by atoms with Gasteiger partial charge in [0.1, 0.15) is 0 Å². The number of hydrogen-bond donors (Lipinski definition) is 3. The van der Waals surface area contributed by atoms with Gasteiger partial charge in [-0.1, -0.05) is 308 Å². The largest absolute Gasteiger partial charge is 0.466 e. The van der Waals surface area contributed by atoms with E-state index in [4.69, 9.17) is 4.74 Å². The maximum Gasteiger partial charge on any atom is 0.305 e. The fourth-order valence-electron chi connectivity index (χ4n) is 10.0. The van der Waals surface area contributed by atoms with Crippen molar-refractivity contribution in [3.63, 3.8) is 0 Å². The number of nitrogens with one attached hydrogen (secondary N) is 1. The predicted molar refractivity (Wildman–Crippen MR) is 310 cm³/mol. The number of ether oxygens (including phenoxy) is 1. The van der Waals surface area contributed by atoms with Gasteiger partial charge in [-0.25, -0.2) is 0 Å². The van der Waals surface area contributed by atoms with Gasteiger partial charge in [0.2, 0.25) is 5.91 Å². The molecule has 2 atom stereocenters. The van der Waals surface area contributed by atoms with E-state index in [1.54, 1.807) is 6.08 Å². The van der Waals surface area contributed by atoms with Crippen LogP contribution >= 0.6 is 0 Å². The molecule has 0 bridgehead atoms. The molecule has 3 N–H and O–H groups in total. The smallest absolute Gasteiger partial charge is 0.305 e. The third-order valence-electron chi connectivity index (χ3n) is 15.0. The Kier molecular flexibility index (Phi) is 59.5. The summed E-state index contributed by atoms with van der Waals surface area (Å²) in [6.45, 7) is 4.92. The molecule has 0 fully saturated rings. The zero-order valence-corrected chi connectivity index (χ0v) is 48.0. The van der Waals surface area contributed by atoms with Crippen molar-refractivity contribution in [1.82, 2.24) is 5.32 Å². The lowest BCUT2D eigenvalue weighted by molar-refractivity contribution is -0.143. The number of amides is 1. The lowest BCUT2D eigenvalue weighted by Gasteiger charge is -2.20. The van der Waals surface area contributed by atoms with Crippen molar-refractivity contribution in [2.75, 3.05) is 13.2 Å². The van der Waals surface area contributed by atoms with E-state index in [1.165, 1.54) is 283 Å². The van der Waals surface area contributed by atoms with Crippen LogP contribution in [-0.2, 0) is 14.3 Å². The highest BCUT2D eigenvalue weighted by atomic mass is 16.5. The Morgan fingerprint density at radius 2 is 0.662 bits per heavy atom. The van der Waals surface area contributed by atoms with E-state index in [2.05, 4.69) is 31.3 Å². The van der Waals surface area contributed by atoms with Gasteiger partial charge in [-0.05, 0) is 57.8 Å². The Labute approximate surface area is 443 Å². The fourth-order valence-corrected chi connectivity index (χ4v) is 10.0. The minimum Gasteiger partial charge on any atom is -0.466 e. The van der Waals surface area contributed by atoms with Gasteiger partial charge in [0, 0.05) is 12.8 Å². The summed E-state index contributed by atoms with van der Waals surface area (Å²) in [5.41, 5.74) is 0. The summed E-state index contributed by atoms with van der Waals surface area (Å²) in [5.74, 6) is -0.0641. The third kappa shape index (κ3) is 57.5. The third-order valence-corrected chi connectivity index (χ3v) is 15.0. The number of carbonyl (C=O) groups is 2. The second-order valence-electron chi connectivity index (χ2n) is 22.1. The molecule has 0 aliphatic rings. The number of allylic oxidation sites excluding steroid dienone is 3. The van der Waals surface area contributed by atoms with Gasteiger partial charge in [-0.15, -0.1) is 0 Å². The summed E-state index contributed by atoms with van der Waals surface area (Å²) >= 11 is 0. The molecule has 2 unspecified atom stereocenters. The van der Waals surface area contributed by atoms with E-state index in [0.29, 0.717) is 19.4 Å². The molecule has 0 aromatic rings. The minimum absolute atomic E-state index is 0.00312. The van der Waals surface area contributed by atoms with Crippen LogP contribution in [0.3, 0.4) is 0 Å². The summed E-state index contributed by atoms with van der Waals surface area (Å²) in [6.07, 6.45) is 75.0. The number of rotatable bonds is 60. The van der Waals surface area contributed by atoms with E-state index >= 15 is 0 Å². The molecular weight excluding hydrogens is 875 g/mol. The Hall–Kier alpha value is -1.66. The molecule has 6 nitrogen and oxygen atoms in total. The number of hydrogen-bond acceptors (Lipinski definition) is 5. The van der Waals surface area contributed by atoms with Crippen molar-refractivity contribution >= 4 is 11.9 Å². The maximum atomic E-state index is 12.5. The van der Waals surface area contributed by atoms with Gasteiger partial charge in [0.25, 0.3) is 0 Å². The molecule has 0 aliphatic carbocycles. The number of aliphatic hydroxyl groups is 2. The van der Waals surface area contributed by atoms with Crippen molar-refractivity contribution < 1.29 is 24.5 Å². The molecule has 0 rings (SSSR count). The fraction of sp³-hybridized carbons (Fsp3) is 0.908. The molecule has 71 heavy (non-hydrogen) atoms. The highest BCUT2D eigenvalue weighted by molar-refractivity contribution is 5.76. The van der Waals surface area contributed by atoms with Crippen molar-refractivity contribution in [1.29, 1.82) is 0 Å². The van der Waals surface area contributed by atoms with Crippen LogP contribution in [0.1, 0.15) is 354 Å². The van der Waals surface area contributed by atoms with Crippen molar-refractivity contribution in [3.05, 3.63) is 24.3 Å². The number of carbonyl (C=O) groups excluding carboxylic acids is 2. The van der Waals surface area contributed by atoms with Crippen LogP contribution in [0.4, 0.5) is 0 Å². The second-order valence-corrected chi connectivity index (χ2v) is 22.1. The number of unbranched alkanes of at least 4 members (excludes halogenated alkanes) is 47. The quantitative estimate of drug-likeness (QED) is 0.0320. The minimum atomic E-state index is -0.846. The van der Waals surface area contributed by atoms with Gasteiger partial charge in [0.05, 0.1) is 25.4 Å². The van der Waals surface area contributed by atoms with Gasteiger partial charge < -0.3 is 20.3 Å². The zero-order valence-electron chi connectivity index (χ0n) is 48.0. The normalized spacial score (nSPS) is 12.7. The van der Waals surface area contributed by atoms with E-state index in [-0.39, 0.29) is 18.5 Å². The van der Waals surface area contributed by atoms with Gasteiger partial charge in [-0.2, -0.15) is 0 Å². The summed E-state index contributed by atoms with van der Waals surface area (Å²) in [7, 11) is 0. The van der Waals surface area contributed by atoms with Gasteiger partial charge in [0.15, 0.2) is 0 Å². The van der Waals surface area contributed by atoms with Gasteiger partial charge in [-0.3, -0.25) is 9.59 Å². The molecule has 0 aromatic carbocycles. The zero-order chi connectivity index (χ0) is 51.4. The summed E-state index contributed by atoms with van der Waals surface area (Å²) in [4.78, 5) is 24.6. The highest BCUT2D eigenvalue weighted by Crippen LogP contribution is 2.18. The van der Waals surface area contributed by atoms with E-state index < -0.39 is 12.1 Å². The highest BCUT2D eigenvalue weighted by Gasteiger charge is 2.18. The summed E-state index contributed by atoms with van der Waals surface area (Å²) in [6, 6.07) is -0.630. The van der Waals surface area contributed by atoms with Crippen molar-refractivity contribution in [3.8, 4) is 0 Å². The maximum absolute atomic E-state index is 12.5. The molecule has 0 radical (unpaired) electrons. The molecule has 0 heterocycles. The van der Waals surface area contributed by atoms with Crippen LogP contribution in [0, 0.1) is 0 Å². The first-order valence-corrected chi connectivity index (χ1v) is 32.1. The average molecular weight is 1000 g/mol. The summed E-state index contributed by atoms with van der Waals surface area (Å²) in [5, 5.41) is 23.2. The van der Waals surface area contributed by atoms with Crippen LogP contribution < -0.4 is 5.32 Å². The van der Waals surface area contributed by atoms with Crippen LogP contribution in [0.5, 0.6) is 0 Å². The van der Waals surface area contributed by atoms with E-state index in [9.17, 15) is 19.8 Å². The second kappa shape index (κ2) is 60.9. The monoisotopic (exact) mass is 1000 g/mol. The predicted octanol–water partition coefficient (Wildman–Crippen LogP) is 20.2. The first-order valence-electron chi connectivity index (χ1n) is 32.1. The SMILES string of the molecule is CCCCCCCCC/C=C\CCCCCCCC(=O)OCCCCCCCCCCCCCCCCCCCCCCC(=O)NC(CO)C(O)/C=C/CCCCCCCCCCCCCCCCCC. The topological polar surface area (TPSA) is 95.9 Å². The average Bonchev–Trinajstić information content (AvgIpc) is 3.37. The molecule has 0 spiro atoms. The number of aliphatic hydroxyl groups excluding tert-OH is 2. The van der Waals surface area contributed by atoms with Gasteiger partial charge >= 0.3 is 5.97 Å². The molecule has 0 aromatic heterocycles. The van der Waals surface area contributed by atoms with Crippen molar-refractivity contribution in [2.24, 2.45) is 0 Å². The summed E-state index contributed by atoms with van der Waals surface area (Å²) < 4.78 is 5.49. The van der Waals surface area contributed by atoms with Crippen LogP contribution in [0.2, 0.25) is 0 Å². The molecular formula is C65H125NO5. The first-order chi connectivity index (χ1) is 35.0. The lowest BCUT2D eigenvalue weighted by Crippen LogP contribution is -2.45. The first kappa shape index (κ1) is 69.3. The van der Waals surface area contributed by atoms with Crippen LogP contribution in [0.25, 0.3) is 0 Å². The Morgan fingerprint density at radius 1 is 0.380 bits per heavy atom. The van der Waals surface area contributed by atoms with E-state index in [1.807, 2.05) is 6.08 Å².